The van der Waals surface area contributed by atoms with E-state index in [1.54, 1.807) is 0 Å². The molecule has 6 heteroatoms. The van der Waals surface area contributed by atoms with Gasteiger partial charge in [0.1, 0.15) is 6.34 Å². The first kappa shape index (κ1) is 7.20. The first-order valence-corrected chi connectivity index (χ1v) is 3.14. The number of thiocarbonyl (C=S) groups is 1. The molecule has 0 aromatic heterocycles. The van der Waals surface area contributed by atoms with E-state index in [1.807, 2.05) is 0 Å². The molecule has 0 aliphatic carbocycles. The van der Waals surface area contributed by atoms with Crippen LogP contribution in [-0.4, -0.2) is 34.8 Å². The minimum Gasteiger partial charge on any atom is -0.373 e. The van der Waals surface area contributed by atoms with Gasteiger partial charge in [-0.3, -0.25) is 4.99 Å². The van der Waals surface area contributed by atoms with E-state index < -0.39 is 0 Å². The summed E-state index contributed by atoms with van der Waals surface area (Å²) in [5, 5.41) is 1.11. The fourth-order valence-corrected chi connectivity index (χ4v) is 0.735. The smallest absolute Gasteiger partial charge is 0.218 e. The summed E-state index contributed by atoms with van der Waals surface area (Å²) in [6.07, 6.45) is 1.36. The molecule has 1 aliphatic heterocycles. The third kappa shape index (κ3) is 1.32. The average molecular weight is 162 g/mol. The number of halogens is 1. The molecule has 4 nitrogen and oxygen atoms in total. The van der Waals surface area contributed by atoms with Crippen LogP contribution in [0.25, 0.3) is 0 Å². The van der Waals surface area contributed by atoms with E-state index in [9.17, 15) is 4.48 Å². The SMILES string of the molecule is NC(=S)N(F)N1C=NCC1. The van der Waals surface area contributed by atoms with Crippen LogP contribution in [0.2, 0.25) is 0 Å². The maximum atomic E-state index is 12.6. The molecule has 10 heavy (non-hydrogen) atoms. The van der Waals surface area contributed by atoms with Crippen LogP contribution in [0, 0.1) is 0 Å². The molecule has 0 amide bonds. The van der Waals surface area contributed by atoms with Gasteiger partial charge in [0.25, 0.3) is 0 Å². The lowest BCUT2D eigenvalue weighted by molar-refractivity contribution is -0.0389. The largest absolute Gasteiger partial charge is 0.373 e. The molecule has 2 N–H and O–H groups in total. The number of rotatable bonds is 1. The second-order valence-corrected chi connectivity index (χ2v) is 2.20. The molecule has 0 unspecified atom stereocenters. The Bertz CT molecular complexity index is 171. The van der Waals surface area contributed by atoms with Gasteiger partial charge in [0.05, 0.1) is 13.1 Å². The minimum absolute atomic E-state index is 0.200. The Balaban J connectivity index is 2.48. The van der Waals surface area contributed by atoms with E-state index in [2.05, 4.69) is 17.2 Å². The number of hydrazine groups is 1. The fraction of sp³-hybridized carbons (Fsp3) is 0.500. The Labute approximate surface area is 63.0 Å². The summed E-state index contributed by atoms with van der Waals surface area (Å²) >= 11 is 4.38. The normalized spacial score (nSPS) is 15.9. The van der Waals surface area contributed by atoms with Gasteiger partial charge < -0.3 is 5.73 Å². The Kier molecular flexibility index (Phi) is 2.00. The monoisotopic (exact) mass is 162 g/mol. The molecule has 0 saturated carbocycles. The van der Waals surface area contributed by atoms with Crippen LogP contribution in [0.15, 0.2) is 4.99 Å². The van der Waals surface area contributed by atoms with Gasteiger partial charge in [-0.15, -0.1) is 0 Å². The second kappa shape index (κ2) is 2.78. The zero-order chi connectivity index (χ0) is 7.56. The molecule has 0 bridgehead atoms. The molecule has 0 aromatic rings. The molecule has 0 radical (unpaired) electrons. The summed E-state index contributed by atoms with van der Waals surface area (Å²) in [5.41, 5.74) is 4.99. The Morgan fingerprint density at radius 1 is 1.90 bits per heavy atom. The fourth-order valence-electron chi connectivity index (χ4n) is 0.630. The van der Waals surface area contributed by atoms with Gasteiger partial charge >= 0.3 is 0 Å². The van der Waals surface area contributed by atoms with Crippen molar-refractivity contribution in [1.82, 2.24) is 10.2 Å². The van der Waals surface area contributed by atoms with Gasteiger partial charge in [-0.25, -0.2) is 5.01 Å². The van der Waals surface area contributed by atoms with E-state index >= 15 is 0 Å². The Hall–Kier alpha value is -0.910. The Morgan fingerprint density at radius 3 is 3.00 bits per heavy atom. The molecule has 1 heterocycles. The number of hydrogen-bond acceptors (Lipinski definition) is 3. The topological polar surface area (TPSA) is 44.9 Å². The molecular weight excluding hydrogens is 155 g/mol. The molecule has 1 rings (SSSR count). The van der Waals surface area contributed by atoms with Gasteiger partial charge in [-0.05, 0) is 12.2 Å². The molecule has 0 spiro atoms. The molecule has 0 fully saturated rings. The predicted molar refractivity (Wildman–Crippen MR) is 39.8 cm³/mol. The van der Waals surface area contributed by atoms with Crippen molar-refractivity contribution in [1.29, 1.82) is 0 Å². The third-order valence-electron chi connectivity index (χ3n) is 1.08. The first-order chi connectivity index (χ1) is 4.72. The van der Waals surface area contributed by atoms with Crippen molar-refractivity contribution in [3.8, 4) is 0 Å². The van der Waals surface area contributed by atoms with Crippen LogP contribution in [0.3, 0.4) is 0 Å². The zero-order valence-corrected chi connectivity index (χ0v) is 6.01. The number of nitrogens with zero attached hydrogens (tertiary/aromatic N) is 3. The second-order valence-electron chi connectivity index (χ2n) is 1.78. The molecular formula is C4H7FN4S. The van der Waals surface area contributed by atoms with Crippen LogP contribution in [0.1, 0.15) is 0 Å². The van der Waals surface area contributed by atoms with E-state index in [4.69, 9.17) is 5.73 Å². The van der Waals surface area contributed by atoms with Crippen molar-refractivity contribution in [2.75, 3.05) is 13.1 Å². The highest BCUT2D eigenvalue weighted by atomic mass is 32.1. The van der Waals surface area contributed by atoms with Crippen LogP contribution < -0.4 is 5.73 Å². The lowest BCUT2D eigenvalue weighted by Crippen LogP contribution is -2.41. The average Bonchev–Trinajstić information content (AvgIpc) is 2.36. The van der Waals surface area contributed by atoms with E-state index in [0.29, 0.717) is 13.1 Å². The lowest BCUT2D eigenvalue weighted by Gasteiger charge is -2.20. The van der Waals surface area contributed by atoms with Gasteiger partial charge in [0.15, 0.2) is 0 Å². The maximum absolute atomic E-state index is 12.6. The summed E-state index contributed by atoms with van der Waals surface area (Å²) in [6, 6.07) is 0. The van der Waals surface area contributed by atoms with E-state index in [0.717, 1.165) is 0 Å². The van der Waals surface area contributed by atoms with Crippen molar-refractivity contribution in [3.63, 3.8) is 0 Å². The predicted octanol–water partition coefficient (Wildman–Crippen LogP) is -0.325. The van der Waals surface area contributed by atoms with Crippen molar-refractivity contribution in [2.24, 2.45) is 10.7 Å². The number of aliphatic imine (C=N–C) groups is 1. The maximum Gasteiger partial charge on any atom is 0.218 e. The van der Waals surface area contributed by atoms with Crippen LogP contribution in [0.4, 0.5) is 4.48 Å². The number of hydrogen-bond donors (Lipinski definition) is 1. The molecule has 1 aliphatic rings. The summed E-state index contributed by atoms with van der Waals surface area (Å²) < 4.78 is 12.6. The molecule has 0 saturated heterocycles. The third-order valence-corrected chi connectivity index (χ3v) is 1.23. The highest BCUT2D eigenvalue weighted by Gasteiger charge is 2.15. The number of nitrogens with two attached hydrogens (primary N) is 1. The summed E-state index contributed by atoms with van der Waals surface area (Å²) in [6.45, 7) is 1.08. The quantitative estimate of drug-likeness (QED) is 0.424. The molecule has 0 aromatic carbocycles. The van der Waals surface area contributed by atoms with E-state index in [-0.39, 0.29) is 10.3 Å². The standard InChI is InChI=1S/C4H7FN4S/c5-9(4(6)10)8-2-1-7-3-8/h3H,1-2H2,(H2,6,10). The van der Waals surface area contributed by atoms with E-state index in [1.165, 1.54) is 11.3 Å². The van der Waals surface area contributed by atoms with Gasteiger partial charge in [-0.2, -0.15) is 0 Å². The molecule has 0 atom stereocenters. The van der Waals surface area contributed by atoms with Gasteiger partial charge in [0, 0.05) is 0 Å². The molecule has 56 valence electrons. The minimum atomic E-state index is -0.298. The summed E-state index contributed by atoms with van der Waals surface area (Å²) in [4.78, 5) is 3.77. The van der Waals surface area contributed by atoms with Gasteiger partial charge in [0.2, 0.25) is 5.11 Å². The zero-order valence-electron chi connectivity index (χ0n) is 5.20. The lowest BCUT2D eigenvalue weighted by atomic mass is 10.7. The highest BCUT2D eigenvalue weighted by molar-refractivity contribution is 7.80. The van der Waals surface area contributed by atoms with Crippen molar-refractivity contribution in [2.45, 2.75) is 0 Å². The van der Waals surface area contributed by atoms with Crippen LogP contribution >= 0.6 is 12.2 Å². The van der Waals surface area contributed by atoms with Gasteiger partial charge in [-0.1, -0.05) is 9.71 Å². The van der Waals surface area contributed by atoms with Crippen molar-refractivity contribution in [3.05, 3.63) is 0 Å². The van der Waals surface area contributed by atoms with Crippen LogP contribution in [-0.2, 0) is 0 Å². The summed E-state index contributed by atoms with van der Waals surface area (Å²) in [5.74, 6) is 0. The van der Waals surface area contributed by atoms with Crippen molar-refractivity contribution >= 4 is 23.7 Å². The summed E-state index contributed by atoms with van der Waals surface area (Å²) in [7, 11) is 0. The van der Waals surface area contributed by atoms with Crippen LogP contribution in [0.5, 0.6) is 0 Å². The first-order valence-electron chi connectivity index (χ1n) is 2.73. The van der Waals surface area contributed by atoms with Crippen molar-refractivity contribution < 1.29 is 4.48 Å². The highest BCUT2D eigenvalue weighted by Crippen LogP contribution is 2.00. The Morgan fingerprint density at radius 2 is 2.60 bits per heavy atom.